The molecule has 4 heteroatoms. The van der Waals surface area contributed by atoms with Crippen molar-refractivity contribution in [3.8, 4) is 11.5 Å². The van der Waals surface area contributed by atoms with Crippen molar-refractivity contribution in [1.29, 1.82) is 0 Å². The average molecular weight is 311 g/mol. The first-order valence-electron chi connectivity index (χ1n) is 8.16. The summed E-state index contributed by atoms with van der Waals surface area (Å²) in [6, 6.07) is 17.1. The van der Waals surface area contributed by atoms with E-state index in [4.69, 9.17) is 4.74 Å². The van der Waals surface area contributed by atoms with Crippen LogP contribution in [0.5, 0.6) is 11.5 Å². The highest BCUT2D eigenvalue weighted by Crippen LogP contribution is 2.21. The molecule has 1 amide bonds. The molecule has 1 saturated heterocycles. The fourth-order valence-corrected chi connectivity index (χ4v) is 2.81. The minimum Gasteiger partial charge on any atom is -0.457 e. The van der Waals surface area contributed by atoms with Crippen LogP contribution in [-0.4, -0.2) is 44.0 Å². The lowest BCUT2D eigenvalue weighted by atomic mass is 10.2. The van der Waals surface area contributed by atoms with Gasteiger partial charge in [0.15, 0.2) is 0 Å². The van der Waals surface area contributed by atoms with Gasteiger partial charge in [0.05, 0.1) is 26.7 Å². The smallest absolute Gasteiger partial charge is 0.254 e. The van der Waals surface area contributed by atoms with Crippen LogP contribution < -0.4 is 9.64 Å². The number of para-hydroxylation sites is 1. The van der Waals surface area contributed by atoms with Crippen molar-refractivity contribution >= 4 is 5.91 Å². The van der Waals surface area contributed by atoms with E-state index in [2.05, 4.69) is 7.05 Å². The number of hydrogen-bond donors (Lipinski definition) is 1. The summed E-state index contributed by atoms with van der Waals surface area (Å²) in [5.41, 5.74) is 0.727. The van der Waals surface area contributed by atoms with E-state index in [0.717, 1.165) is 49.7 Å². The van der Waals surface area contributed by atoms with Crippen LogP contribution in [-0.2, 0) is 0 Å². The second kappa shape index (κ2) is 7.29. The Kier molecular flexibility index (Phi) is 4.93. The van der Waals surface area contributed by atoms with Gasteiger partial charge in [-0.3, -0.25) is 4.79 Å². The lowest BCUT2D eigenvalue weighted by Gasteiger charge is -2.19. The molecule has 120 valence electrons. The van der Waals surface area contributed by atoms with Gasteiger partial charge in [-0.1, -0.05) is 18.2 Å². The molecule has 1 atom stereocenters. The number of amides is 1. The van der Waals surface area contributed by atoms with E-state index < -0.39 is 0 Å². The topological polar surface area (TPSA) is 34.0 Å². The second-order valence-corrected chi connectivity index (χ2v) is 6.04. The zero-order valence-corrected chi connectivity index (χ0v) is 13.5. The zero-order valence-electron chi connectivity index (χ0n) is 13.5. The third-order valence-corrected chi connectivity index (χ3v) is 4.21. The Hall–Kier alpha value is -2.33. The minimum atomic E-state index is 0.117. The fraction of sp³-hybridized carbons (Fsp3) is 0.316. The Balaban J connectivity index is 1.65. The molecule has 1 heterocycles. The van der Waals surface area contributed by atoms with Crippen molar-refractivity contribution in [2.45, 2.75) is 6.42 Å². The molecule has 1 aliphatic rings. The van der Waals surface area contributed by atoms with Gasteiger partial charge in [0.1, 0.15) is 11.5 Å². The molecular formula is C19H23N2O2+. The quantitative estimate of drug-likeness (QED) is 0.938. The number of benzene rings is 2. The Bertz CT molecular complexity index is 640. The van der Waals surface area contributed by atoms with Crippen molar-refractivity contribution in [1.82, 2.24) is 4.90 Å². The van der Waals surface area contributed by atoms with Crippen LogP contribution in [0.15, 0.2) is 54.6 Å². The number of quaternary nitrogens is 1. The second-order valence-electron chi connectivity index (χ2n) is 6.04. The summed E-state index contributed by atoms with van der Waals surface area (Å²) < 4.78 is 5.76. The van der Waals surface area contributed by atoms with Crippen molar-refractivity contribution in [2.24, 2.45) is 0 Å². The van der Waals surface area contributed by atoms with E-state index >= 15 is 0 Å². The molecule has 1 N–H and O–H groups in total. The van der Waals surface area contributed by atoms with E-state index in [1.807, 2.05) is 59.5 Å². The van der Waals surface area contributed by atoms with Crippen molar-refractivity contribution in [2.75, 3.05) is 33.2 Å². The highest BCUT2D eigenvalue weighted by Gasteiger charge is 2.20. The normalized spacial score (nSPS) is 18.3. The highest BCUT2D eigenvalue weighted by atomic mass is 16.5. The summed E-state index contributed by atoms with van der Waals surface area (Å²) in [7, 11) is 2.18. The molecule has 0 aromatic heterocycles. The van der Waals surface area contributed by atoms with Gasteiger partial charge in [0, 0.05) is 18.5 Å². The van der Waals surface area contributed by atoms with E-state index in [0.29, 0.717) is 0 Å². The molecular weight excluding hydrogens is 288 g/mol. The van der Waals surface area contributed by atoms with E-state index in [1.54, 1.807) is 0 Å². The summed E-state index contributed by atoms with van der Waals surface area (Å²) in [5, 5.41) is 0. The number of likely N-dealkylation sites (N-methyl/N-ethyl adjacent to an activating group) is 1. The Labute approximate surface area is 137 Å². The molecule has 2 aromatic rings. The molecule has 0 saturated carbocycles. The van der Waals surface area contributed by atoms with E-state index in [1.165, 1.54) is 4.90 Å². The van der Waals surface area contributed by atoms with Crippen LogP contribution in [0.1, 0.15) is 16.8 Å². The molecule has 0 aliphatic carbocycles. The lowest BCUT2D eigenvalue weighted by Crippen LogP contribution is -3.09. The van der Waals surface area contributed by atoms with Gasteiger partial charge in [0.25, 0.3) is 5.91 Å². The summed E-state index contributed by atoms with van der Waals surface area (Å²) in [5.74, 6) is 1.66. The SMILES string of the molecule is C[NH+]1CCCN(C(=O)c2ccc(Oc3ccccc3)cc2)CC1. The third kappa shape index (κ3) is 4.11. The van der Waals surface area contributed by atoms with Crippen LogP contribution >= 0.6 is 0 Å². The van der Waals surface area contributed by atoms with Gasteiger partial charge >= 0.3 is 0 Å². The largest absolute Gasteiger partial charge is 0.457 e. The molecule has 3 rings (SSSR count). The standard InChI is InChI=1S/C19H22N2O2/c1-20-12-5-13-21(15-14-20)19(22)16-8-10-18(11-9-16)23-17-6-3-2-4-7-17/h2-4,6-11H,5,12-15H2,1H3/p+1. The monoisotopic (exact) mass is 311 g/mol. The van der Waals surface area contributed by atoms with Gasteiger partial charge in [-0.25, -0.2) is 0 Å². The predicted octanol–water partition coefficient (Wildman–Crippen LogP) is 1.84. The van der Waals surface area contributed by atoms with E-state index in [9.17, 15) is 4.79 Å². The number of carbonyl (C=O) groups is 1. The lowest BCUT2D eigenvalue weighted by molar-refractivity contribution is -0.877. The molecule has 0 radical (unpaired) electrons. The molecule has 4 nitrogen and oxygen atoms in total. The summed E-state index contributed by atoms with van der Waals surface area (Å²) in [6.07, 6.45) is 1.06. The molecule has 0 spiro atoms. The van der Waals surface area contributed by atoms with Crippen LogP contribution in [0, 0.1) is 0 Å². The Morgan fingerprint density at radius 2 is 1.65 bits per heavy atom. The molecule has 1 unspecified atom stereocenters. The first-order valence-corrected chi connectivity index (χ1v) is 8.16. The van der Waals surface area contributed by atoms with Gasteiger partial charge in [-0.05, 0) is 36.4 Å². The first-order chi connectivity index (χ1) is 11.2. The molecule has 1 aliphatic heterocycles. The Morgan fingerprint density at radius 1 is 0.957 bits per heavy atom. The Morgan fingerprint density at radius 3 is 2.39 bits per heavy atom. The van der Waals surface area contributed by atoms with Crippen molar-refractivity contribution in [3.63, 3.8) is 0 Å². The molecule has 0 bridgehead atoms. The maximum absolute atomic E-state index is 12.6. The summed E-state index contributed by atoms with van der Waals surface area (Å²) in [6.45, 7) is 3.82. The average Bonchev–Trinajstić information content (AvgIpc) is 2.80. The number of nitrogens with one attached hydrogen (secondary N) is 1. The number of ether oxygens (including phenoxy) is 1. The van der Waals surface area contributed by atoms with Crippen LogP contribution in [0.2, 0.25) is 0 Å². The molecule has 23 heavy (non-hydrogen) atoms. The molecule has 2 aromatic carbocycles. The van der Waals surface area contributed by atoms with Gasteiger partial charge in [-0.2, -0.15) is 0 Å². The van der Waals surface area contributed by atoms with Crippen LogP contribution in [0.25, 0.3) is 0 Å². The molecule has 1 fully saturated rings. The number of carbonyl (C=O) groups excluding carboxylic acids is 1. The van der Waals surface area contributed by atoms with Gasteiger partial charge in [-0.15, -0.1) is 0 Å². The van der Waals surface area contributed by atoms with Gasteiger partial charge < -0.3 is 14.5 Å². The summed E-state index contributed by atoms with van der Waals surface area (Å²) in [4.78, 5) is 16.1. The number of nitrogens with zero attached hydrogens (tertiary/aromatic N) is 1. The maximum Gasteiger partial charge on any atom is 0.254 e. The minimum absolute atomic E-state index is 0.117. The van der Waals surface area contributed by atoms with Gasteiger partial charge in [0.2, 0.25) is 0 Å². The highest BCUT2D eigenvalue weighted by molar-refractivity contribution is 5.94. The number of hydrogen-bond acceptors (Lipinski definition) is 2. The van der Waals surface area contributed by atoms with Crippen molar-refractivity contribution < 1.29 is 14.4 Å². The number of rotatable bonds is 3. The van der Waals surface area contributed by atoms with Crippen molar-refractivity contribution in [3.05, 3.63) is 60.2 Å². The van der Waals surface area contributed by atoms with Crippen LogP contribution in [0.3, 0.4) is 0 Å². The predicted molar refractivity (Wildman–Crippen MR) is 90.1 cm³/mol. The maximum atomic E-state index is 12.6. The van der Waals surface area contributed by atoms with E-state index in [-0.39, 0.29) is 5.91 Å². The zero-order chi connectivity index (χ0) is 16.1. The summed E-state index contributed by atoms with van der Waals surface area (Å²) >= 11 is 0. The third-order valence-electron chi connectivity index (χ3n) is 4.21. The fourth-order valence-electron chi connectivity index (χ4n) is 2.81. The van der Waals surface area contributed by atoms with Crippen LogP contribution in [0.4, 0.5) is 0 Å². The first kappa shape index (κ1) is 15.6.